The van der Waals surface area contributed by atoms with Crippen LogP contribution in [0.3, 0.4) is 0 Å². The van der Waals surface area contributed by atoms with Gasteiger partial charge >= 0.3 is 0 Å². The highest BCUT2D eigenvalue weighted by atomic mass is 32.1. The maximum absolute atomic E-state index is 13.9. The fraction of sp³-hybridized carbons (Fsp3) is 0.438. The number of benzene rings is 1. The molecule has 1 aromatic heterocycles. The summed E-state index contributed by atoms with van der Waals surface area (Å²) in [5.41, 5.74) is 1.96. The number of hydrogen-bond acceptors (Lipinski definition) is 4. The molecule has 0 amide bonds. The molecule has 0 saturated heterocycles. The predicted octanol–water partition coefficient (Wildman–Crippen LogP) is 3.88. The fourth-order valence-electron chi connectivity index (χ4n) is 1.84. The Balaban J connectivity index is 2.01. The van der Waals surface area contributed by atoms with Gasteiger partial charge in [0, 0.05) is 17.3 Å². The highest BCUT2D eigenvalue weighted by molar-refractivity contribution is 7.09. The van der Waals surface area contributed by atoms with Crippen LogP contribution in [-0.2, 0) is 18.6 Å². The Morgan fingerprint density at radius 3 is 2.67 bits per heavy atom. The lowest BCUT2D eigenvalue weighted by Gasteiger charge is -2.14. The number of ether oxygens (including phenoxy) is 1. The lowest BCUT2D eigenvalue weighted by Crippen LogP contribution is -2.11. The third-order valence-electron chi connectivity index (χ3n) is 3.05. The van der Waals surface area contributed by atoms with Crippen LogP contribution in [0.1, 0.15) is 37.0 Å². The molecule has 0 aliphatic heterocycles. The van der Waals surface area contributed by atoms with Crippen molar-refractivity contribution in [3.63, 3.8) is 0 Å². The van der Waals surface area contributed by atoms with Gasteiger partial charge in [0.1, 0.15) is 11.6 Å². The van der Waals surface area contributed by atoms with E-state index in [-0.39, 0.29) is 17.0 Å². The van der Waals surface area contributed by atoms with Crippen molar-refractivity contribution >= 4 is 11.3 Å². The molecule has 2 aromatic rings. The molecule has 1 aromatic carbocycles. The predicted molar refractivity (Wildman–Crippen MR) is 84.3 cm³/mol. The molecular weight excluding hydrogens is 287 g/mol. The van der Waals surface area contributed by atoms with Crippen LogP contribution in [-0.4, -0.2) is 12.0 Å². The number of aromatic nitrogens is 1. The van der Waals surface area contributed by atoms with E-state index in [9.17, 15) is 4.39 Å². The molecule has 0 radical (unpaired) electrons. The van der Waals surface area contributed by atoms with Crippen LogP contribution < -0.4 is 10.1 Å². The van der Waals surface area contributed by atoms with Gasteiger partial charge < -0.3 is 10.1 Å². The van der Waals surface area contributed by atoms with Crippen molar-refractivity contribution in [2.24, 2.45) is 0 Å². The van der Waals surface area contributed by atoms with E-state index in [1.165, 1.54) is 6.07 Å². The van der Waals surface area contributed by atoms with Crippen molar-refractivity contribution in [3.8, 4) is 5.75 Å². The number of halogens is 1. The molecule has 0 spiro atoms. The summed E-state index contributed by atoms with van der Waals surface area (Å²) in [7, 11) is 1.83. The lowest BCUT2D eigenvalue weighted by molar-refractivity contribution is 0.289. The Bertz CT molecular complexity index is 605. The Morgan fingerprint density at radius 1 is 1.33 bits per heavy atom. The second-order valence-electron chi connectivity index (χ2n) is 5.96. The summed E-state index contributed by atoms with van der Waals surface area (Å²) in [6.45, 7) is 7.29. The SMILES string of the molecule is CNCc1ccc(OCc2nc(C(C)(C)C)cs2)c(F)c1. The highest BCUT2D eigenvalue weighted by Gasteiger charge is 2.17. The molecule has 5 heteroatoms. The maximum atomic E-state index is 13.9. The minimum absolute atomic E-state index is 0.0226. The molecule has 0 saturated carbocycles. The zero-order valence-corrected chi connectivity index (χ0v) is 13.7. The van der Waals surface area contributed by atoms with Crippen molar-refractivity contribution in [3.05, 3.63) is 45.7 Å². The molecule has 0 aliphatic rings. The van der Waals surface area contributed by atoms with Gasteiger partial charge in [0.15, 0.2) is 11.6 Å². The summed E-state index contributed by atoms with van der Waals surface area (Å²) in [5, 5.41) is 5.88. The van der Waals surface area contributed by atoms with Crippen molar-refractivity contribution in [1.29, 1.82) is 0 Å². The summed E-state index contributed by atoms with van der Waals surface area (Å²) in [6, 6.07) is 5.02. The largest absolute Gasteiger partial charge is 0.483 e. The van der Waals surface area contributed by atoms with E-state index in [2.05, 4.69) is 31.1 Å². The molecule has 2 rings (SSSR count). The van der Waals surface area contributed by atoms with Crippen molar-refractivity contribution < 1.29 is 9.13 Å². The van der Waals surface area contributed by atoms with E-state index in [4.69, 9.17) is 4.74 Å². The van der Waals surface area contributed by atoms with Crippen LogP contribution in [0, 0.1) is 5.82 Å². The number of nitrogens with zero attached hydrogens (tertiary/aromatic N) is 1. The summed E-state index contributed by atoms with van der Waals surface area (Å²) in [4.78, 5) is 4.53. The zero-order chi connectivity index (χ0) is 15.5. The smallest absolute Gasteiger partial charge is 0.165 e. The fourth-order valence-corrected chi connectivity index (χ4v) is 2.77. The molecule has 1 heterocycles. The van der Waals surface area contributed by atoms with Crippen LogP contribution in [0.25, 0.3) is 0 Å². The monoisotopic (exact) mass is 308 g/mol. The normalized spacial score (nSPS) is 11.7. The quantitative estimate of drug-likeness (QED) is 0.910. The van der Waals surface area contributed by atoms with Crippen LogP contribution in [0.4, 0.5) is 4.39 Å². The van der Waals surface area contributed by atoms with E-state index in [0.29, 0.717) is 13.2 Å². The molecule has 0 fully saturated rings. The van der Waals surface area contributed by atoms with Gasteiger partial charge in [-0.2, -0.15) is 0 Å². The van der Waals surface area contributed by atoms with Gasteiger partial charge in [0.2, 0.25) is 0 Å². The van der Waals surface area contributed by atoms with E-state index in [0.717, 1.165) is 16.3 Å². The minimum Gasteiger partial charge on any atom is -0.483 e. The minimum atomic E-state index is -0.338. The van der Waals surface area contributed by atoms with Gasteiger partial charge in [-0.15, -0.1) is 11.3 Å². The average Bonchev–Trinajstić information content (AvgIpc) is 2.87. The van der Waals surface area contributed by atoms with Gasteiger partial charge in [-0.05, 0) is 24.7 Å². The average molecular weight is 308 g/mol. The lowest BCUT2D eigenvalue weighted by atomic mass is 9.93. The molecule has 114 valence electrons. The topological polar surface area (TPSA) is 34.1 Å². The number of thiazole rings is 1. The summed E-state index contributed by atoms with van der Waals surface area (Å²) in [5.74, 6) is -0.0716. The van der Waals surface area contributed by atoms with Gasteiger partial charge in [-0.1, -0.05) is 26.8 Å². The van der Waals surface area contributed by atoms with E-state index < -0.39 is 0 Å². The maximum Gasteiger partial charge on any atom is 0.165 e. The summed E-state index contributed by atoms with van der Waals surface area (Å²) >= 11 is 1.54. The summed E-state index contributed by atoms with van der Waals surface area (Å²) in [6.07, 6.45) is 0. The van der Waals surface area contributed by atoms with Crippen LogP contribution in [0.15, 0.2) is 23.6 Å². The van der Waals surface area contributed by atoms with Crippen molar-refractivity contribution in [1.82, 2.24) is 10.3 Å². The molecule has 3 nitrogen and oxygen atoms in total. The standard InChI is InChI=1S/C16H21FN2OS/c1-16(2,3)14-10-21-15(19-14)9-20-13-6-5-11(8-18-4)7-12(13)17/h5-7,10,18H,8-9H2,1-4H3. The van der Waals surface area contributed by atoms with Gasteiger partial charge in [0.25, 0.3) is 0 Å². The van der Waals surface area contributed by atoms with Crippen molar-refractivity contribution in [2.75, 3.05) is 7.05 Å². The molecule has 1 N–H and O–H groups in total. The number of nitrogens with one attached hydrogen (secondary N) is 1. The van der Waals surface area contributed by atoms with Gasteiger partial charge in [-0.3, -0.25) is 0 Å². The number of rotatable bonds is 5. The first-order chi connectivity index (χ1) is 9.90. The Hall–Kier alpha value is -1.46. The van der Waals surface area contributed by atoms with Gasteiger partial charge in [-0.25, -0.2) is 9.37 Å². The third-order valence-corrected chi connectivity index (χ3v) is 3.87. The molecule has 0 aliphatic carbocycles. The Labute approximate surface area is 129 Å². The number of hydrogen-bond donors (Lipinski definition) is 1. The first-order valence-corrected chi connectivity index (χ1v) is 7.79. The first kappa shape index (κ1) is 15.9. The molecule has 0 atom stereocenters. The summed E-state index contributed by atoms with van der Waals surface area (Å²) < 4.78 is 19.4. The second kappa shape index (κ2) is 6.54. The van der Waals surface area contributed by atoms with Crippen molar-refractivity contribution in [2.45, 2.75) is 39.3 Å². The highest BCUT2D eigenvalue weighted by Crippen LogP contribution is 2.25. The first-order valence-electron chi connectivity index (χ1n) is 6.91. The third kappa shape index (κ3) is 4.25. The van der Waals surface area contributed by atoms with E-state index >= 15 is 0 Å². The van der Waals surface area contributed by atoms with Crippen LogP contribution in [0.5, 0.6) is 5.75 Å². The van der Waals surface area contributed by atoms with Gasteiger partial charge in [0.05, 0.1) is 5.69 Å². The second-order valence-corrected chi connectivity index (χ2v) is 6.90. The Kier molecular flexibility index (Phi) is 4.96. The molecule has 21 heavy (non-hydrogen) atoms. The molecule has 0 unspecified atom stereocenters. The molecule has 0 bridgehead atoms. The van der Waals surface area contributed by atoms with Crippen LogP contribution >= 0.6 is 11.3 Å². The zero-order valence-electron chi connectivity index (χ0n) is 12.9. The van der Waals surface area contributed by atoms with Crippen LogP contribution in [0.2, 0.25) is 0 Å². The van der Waals surface area contributed by atoms with E-state index in [1.807, 2.05) is 18.5 Å². The van der Waals surface area contributed by atoms with E-state index in [1.54, 1.807) is 17.4 Å². The molecular formula is C16H21FN2OS. The Morgan fingerprint density at radius 2 is 2.10 bits per heavy atom.